The summed E-state index contributed by atoms with van der Waals surface area (Å²) < 4.78 is 26.3. The van der Waals surface area contributed by atoms with E-state index in [4.69, 9.17) is 11.6 Å². The van der Waals surface area contributed by atoms with Crippen molar-refractivity contribution < 1.29 is 13.2 Å². The summed E-state index contributed by atoms with van der Waals surface area (Å²) in [5.74, 6) is 0.0467. The maximum Gasteiger partial charge on any atom is 0.244 e. The maximum absolute atomic E-state index is 12.5. The summed E-state index contributed by atoms with van der Waals surface area (Å²) in [5.41, 5.74) is 0.654. The Morgan fingerprint density at radius 3 is 2.43 bits per heavy atom. The average Bonchev–Trinajstić information content (AvgIpc) is 2.85. The number of halogens is 1. The first kappa shape index (κ1) is 16.3. The predicted molar refractivity (Wildman–Crippen MR) is 83.1 cm³/mol. The van der Waals surface area contributed by atoms with Gasteiger partial charge in [-0.1, -0.05) is 25.4 Å². The minimum Gasteiger partial charge on any atom is -0.312 e. The van der Waals surface area contributed by atoms with Gasteiger partial charge in [0.2, 0.25) is 15.9 Å². The fraction of sp³-hybridized carbons (Fsp3) is 0.500. The first-order valence-electron chi connectivity index (χ1n) is 7.01. The van der Waals surface area contributed by atoms with Crippen molar-refractivity contribution in [3.8, 4) is 0 Å². The Bertz CT molecular complexity index is 642. The van der Waals surface area contributed by atoms with Gasteiger partial charge in [0.1, 0.15) is 4.90 Å². The number of sulfonamides is 1. The van der Waals surface area contributed by atoms with Crippen LogP contribution in [0.25, 0.3) is 0 Å². The van der Waals surface area contributed by atoms with Crippen LogP contribution in [0.5, 0.6) is 0 Å². The number of carbonyl (C=O) groups is 1. The lowest BCUT2D eigenvalue weighted by Crippen LogP contribution is -2.31. The molecule has 0 aliphatic carbocycles. The van der Waals surface area contributed by atoms with Crippen LogP contribution in [-0.2, 0) is 14.8 Å². The Kier molecular flexibility index (Phi) is 4.91. The smallest absolute Gasteiger partial charge is 0.244 e. The van der Waals surface area contributed by atoms with Crippen LogP contribution in [0.15, 0.2) is 23.1 Å². The predicted octanol–water partition coefficient (Wildman–Crippen LogP) is 2.50. The lowest BCUT2D eigenvalue weighted by atomic mass is 10.3. The summed E-state index contributed by atoms with van der Waals surface area (Å²) in [6.07, 6.45) is 1.34. The number of nitrogens with zero attached hydrogens (tertiary/aromatic N) is 2. The Hall–Kier alpha value is -1.11. The van der Waals surface area contributed by atoms with Gasteiger partial charge in [-0.25, -0.2) is 8.42 Å². The summed E-state index contributed by atoms with van der Waals surface area (Å²) in [4.78, 5) is 13.5. The molecule has 2 rings (SSSR count). The third-order valence-corrected chi connectivity index (χ3v) is 6.16. The molecule has 21 heavy (non-hydrogen) atoms. The van der Waals surface area contributed by atoms with Gasteiger partial charge in [0.15, 0.2) is 0 Å². The van der Waals surface area contributed by atoms with Crippen molar-refractivity contribution >= 4 is 33.2 Å². The molecule has 5 nitrogen and oxygen atoms in total. The van der Waals surface area contributed by atoms with Gasteiger partial charge in [0, 0.05) is 31.7 Å². The van der Waals surface area contributed by atoms with E-state index in [1.807, 2.05) is 0 Å². The molecule has 1 aromatic rings. The summed E-state index contributed by atoms with van der Waals surface area (Å²) in [6.45, 7) is 5.00. The molecule has 0 unspecified atom stereocenters. The molecule has 1 fully saturated rings. The number of benzene rings is 1. The number of carbonyl (C=O) groups excluding carboxylic acids is 1. The molecule has 0 bridgehead atoms. The van der Waals surface area contributed by atoms with E-state index in [0.717, 1.165) is 6.42 Å². The van der Waals surface area contributed by atoms with E-state index >= 15 is 0 Å². The Labute approximate surface area is 130 Å². The van der Waals surface area contributed by atoms with Crippen LogP contribution < -0.4 is 4.90 Å². The van der Waals surface area contributed by atoms with Crippen LogP contribution in [0.3, 0.4) is 0 Å². The summed E-state index contributed by atoms with van der Waals surface area (Å²) >= 11 is 6.15. The molecule has 0 radical (unpaired) electrons. The summed E-state index contributed by atoms with van der Waals surface area (Å²) in [5, 5.41) is 0.152. The van der Waals surface area contributed by atoms with Crippen LogP contribution in [-0.4, -0.2) is 38.3 Å². The molecule has 1 aliphatic rings. The minimum atomic E-state index is -3.59. The Morgan fingerprint density at radius 1 is 1.29 bits per heavy atom. The summed E-state index contributed by atoms with van der Waals surface area (Å²) in [7, 11) is -3.59. The van der Waals surface area contributed by atoms with Gasteiger partial charge < -0.3 is 4.90 Å². The van der Waals surface area contributed by atoms with Crippen LogP contribution >= 0.6 is 11.6 Å². The van der Waals surface area contributed by atoms with E-state index in [9.17, 15) is 13.2 Å². The van der Waals surface area contributed by atoms with Crippen molar-refractivity contribution in [3.05, 3.63) is 23.2 Å². The molecule has 1 amide bonds. The lowest BCUT2D eigenvalue weighted by molar-refractivity contribution is -0.117. The highest BCUT2D eigenvalue weighted by Crippen LogP contribution is 2.30. The van der Waals surface area contributed by atoms with Crippen molar-refractivity contribution in [3.63, 3.8) is 0 Å². The van der Waals surface area contributed by atoms with E-state index in [2.05, 4.69) is 0 Å². The van der Waals surface area contributed by atoms with Gasteiger partial charge in [-0.15, -0.1) is 0 Å². The normalized spacial score (nSPS) is 16.0. The molecule has 1 saturated heterocycles. The third-order valence-electron chi connectivity index (χ3n) is 3.62. The lowest BCUT2D eigenvalue weighted by Gasteiger charge is -2.21. The van der Waals surface area contributed by atoms with Gasteiger partial charge in [0.05, 0.1) is 5.02 Å². The first-order chi connectivity index (χ1) is 9.91. The summed E-state index contributed by atoms with van der Waals surface area (Å²) in [6, 6.07) is 4.68. The van der Waals surface area contributed by atoms with E-state index in [0.29, 0.717) is 31.7 Å². The van der Waals surface area contributed by atoms with E-state index < -0.39 is 10.0 Å². The monoisotopic (exact) mass is 330 g/mol. The number of amides is 1. The van der Waals surface area contributed by atoms with E-state index in [-0.39, 0.29) is 15.8 Å². The van der Waals surface area contributed by atoms with Crippen molar-refractivity contribution in [2.75, 3.05) is 24.5 Å². The maximum atomic E-state index is 12.5. The average molecular weight is 331 g/mol. The van der Waals surface area contributed by atoms with Gasteiger partial charge in [-0.05, 0) is 24.6 Å². The van der Waals surface area contributed by atoms with Crippen LogP contribution in [0, 0.1) is 0 Å². The molecule has 116 valence electrons. The number of anilines is 1. The molecule has 1 aromatic carbocycles. The van der Waals surface area contributed by atoms with E-state index in [1.54, 1.807) is 30.9 Å². The third kappa shape index (κ3) is 3.07. The minimum absolute atomic E-state index is 0.0467. The quantitative estimate of drug-likeness (QED) is 0.833. The van der Waals surface area contributed by atoms with Crippen LogP contribution in [0.4, 0.5) is 5.69 Å². The molecule has 0 spiro atoms. The van der Waals surface area contributed by atoms with E-state index in [1.165, 1.54) is 10.4 Å². The van der Waals surface area contributed by atoms with Crippen molar-refractivity contribution in [2.45, 2.75) is 31.6 Å². The zero-order valence-corrected chi connectivity index (χ0v) is 13.7. The zero-order chi connectivity index (χ0) is 15.6. The van der Waals surface area contributed by atoms with Gasteiger partial charge in [0.25, 0.3) is 0 Å². The molecule has 0 N–H and O–H groups in total. The number of hydrogen-bond acceptors (Lipinski definition) is 3. The molecule has 7 heteroatoms. The SMILES string of the molecule is CCN(CC)S(=O)(=O)c1ccc(N2CCCC2=O)cc1Cl. The fourth-order valence-electron chi connectivity index (χ4n) is 2.49. The second-order valence-electron chi connectivity index (χ2n) is 4.85. The number of rotatable bonds is 5. The second kappa shape index (κ2) is 6.34. The van der Waals surface area contributed by atoms with Crippen molar-refractivity contribution in [2.24, 2.45) is 0 Å². The molecule has 0 saturated carbocycles. The van der Waals surface area contributed by atoms with Gasteiger partial charge in [-0.3, -0.25) is 4.79 Å². The highest BCUT2D eigenvalue weighted by Gasteiger charge is 2.27. The molecule has 1 heterocycles. The van der Waals surface area contributed by atoms with Crippen LogP contribution in [0.1, 0.15) is 26.7 Å². The topological polar surface area (TPSA) is 57.7 Å². The highest BCUT2D eigenvalue weighted by molar-refractivity contribution is 7.89. The van der Waals surface area contributed by atoms with Gasteiger partial charge in [-0.2, -0.15) is 4.31 Å². The Morgan fingerprint density at radius 2 is 1.95 bits per heavy atom. The standard InChI is InChI=1S/C14H19ClN2O3S/c1-3-16(4-2)21(19,20)13-8-7-11(10-12(13)15)17-9-5-6-14(17)18/h7-8,10H,3-6,9H2,1-2H3. The second-order valence-corrected chi connectivity index (χ2v) is 7.17. The molecule has 0 aromatic heterocycles. The molecular formula is C14H19ClN2O3S. The van der Waals surface area contributed by atoms with Crippen LogP contribution in [0.2, 0.25) is 5.02 Å². The Balaban J connectivity index is 2.38. The van der Waals surface area contributed by atoms with Gasteiger partial charge >= 0.3 is 0 Å². The fourth-order valence-corrected chi connectivity index (χ4v) is 4.46. The molecular weight excluding hydrogens is 312 g/mol. The molecule has 0 atom stereocenters. The first-order valence-corrected chi connectivity index (χ1v) is 8.83. The largest absolute Gasteiger partial charge is 0.312 e. The highest BCUT2D eigenvalue weighted by atomic mass is 35.5. The number of hydrogen-bond donors (Lipinski definition) is 0. The molecule has 1 aliphatic heterocycles. The van der Waals surface area contributed by atoms with Crippen molar-refractivity contribution in [1.29, 1.82) is 0 Å². The van der Waals surface area contributed by atoms with Crippen molar-refractivity contribution in [1.82, 2.24) is 4.31 Å². The zero-order valence-electron chi connectivity index (χ0n) is 12.2.